The van der Waals surface area contributed by atoms with Gasteiger partial charge in [-0.05, 0) is 88.6 Å². The van der Waals surface area contributed by atoms with E-state index in [0.717, 1.165) is 50.4 Å². The SMILES string of the molecule is CC(=O)c1cc(CN2CCC(N3CCC(C(=O)NC4CC4)CC3)CC2)cs1. The highest BCUT2D eigenvalue weighted by molar-refractivity contribution is 7.12. The van der Waals surface area contributed by atoms with Crippen LogP contribution in [0.3, 0.4) is 0 Å². The average molecular weight is 390 g/mol. The van der Waals surface area contributed by atoms with Crippen LogP contribution in [0.25, 0.3) is 0 Å². The Kier molecular flexibility index (Phi) is 5.95. The van der Waals surface area contributed by atoms with Crippen molar-refractivity contribution in [1.29, 1.82) is 0 Å². The van der Waals surface area contributed by atoms with Crippen molar-refractivity contribution in [1.82, 2.24) is 15.1 Å². The van der Waals surface area contributed by atoms with Crippen molar-refractivity contribution in [3.05, 3.63) is 21.9 Å². The second-order valence-electron chi connectivity index (χ2n) is 8.48. The van der Waals surface area contributed by atoms with Crippen LogP contribution < -0.4 is 5.32 Å². The zero-order valence-corrected chi connectivity index (χ0v) is 17.1. The van der Waals surface area contributed by atoms with Crippen LogP contribution in [0.4, 0.5) is 0 Å². The van der Waals surface area contributed by atoms with Crippen molar-refractivity contribution < 1.29 is 9.59 Å². The topological polar surface area (TPSA) is 52.7 Å². The van der Waals surface area contributed by atoms with Crippen molar-refractivity contribution in [2.24, 2.45) is 5.92 Å². The minimum Gasteiger partial charge on any atom is -0.353 e. The van der Waals surface area contributed by atoms with Crippen LogP contribution in [-0.2, 0) is 11.3 Å². The molecule has 1 N–H and O–H groups in total. The van der Waals surface area contributed by atoms with E-state index in [1.165, 1.54) is 31.2 Å². The molecule has 4 rings (SSSR count). The number of Topliss-reactive ketones (excluding diaryl/α,β-unsaturated/α-hetero) is 1. The van der Waals surface area contributed by atoms with Gasteiger partial charge in [-0.15, -0.1) is 11.3 Å². The summed E-state index contributed by atoms with van der Waals surface area (Å²) in [6.07, 6.45) is 6.80. The lowest BCUT2D eigenvalue weighted by Gasteiger charge is -2.41. The quantitative estimate of drug-likeness (QED) is 0.760. The van der Waals surface area contributed by atoms with Gasteiger partial charge in [-0.3, -0.25) is 14.5 Å². The molecular weight excluding hydrogens is 358 g/mol. The Bertz CT molecular complexity index is 669. The molecule has 0 unspecified atom stereocenters. The van der Waals surface area contributed by atoms with Gasteiger partial charge >= 0.3 is 0 Å². The first-order valence-electron chi connectivity index (χ1n) is 10.4. The van der Waals surface area contributed by atoms with Gasteiger partial charge < -0.3 is 10.2 Å². The highest BCUT2D eigenvalue weighted by Gasteiger charge is 2.32. The van der Waals surface area contributed by atoms with Crippen LogP contribution in [0.1, 0.15) is 60.7 Å². The van der Waals surface area contributed by atoms with Crippen molar-refractivity contribution in [2.75, 3.05) is 26.2 Å². The summed E-state index contributed by atoms with van der Waals surface area (Å²) < 4.78 is 0. The van der Waals surface area contributed by atoms with Crippen molar-refractivity contribution >= 4 is 23.0 Å². The maximum absolute atomic E-state index is 12.2. The lowest BCUT2D eigenvalue weighted by atomic mass is 9.92. The Balaban J connectivity index is 1.19. The zero-order chi connectivity index (χ0) is 18.8. The number of nitrogens with one attached hydrogen (secondary N) is 1. The molecule has 27 heavy (non-hydrogen) atoms. The molecule has 3 aliphatic rings. The van der Waals surface area contributed by atoms with E-state index in [1.807, 2.05) is 0 Å². The molecule has 1 saturated carbocycles. The van der Waals surface area contributed by atoms with Gasteiger partial charge in [0.1, 0.15) is 0 Å². The van der Waals surface area contributed by atoms with E-state index in [-0.39, 0.29) is 11.7 Å². The first-order chi connectivity index (χ1) is 13.1. The molecule has 3 heterocycles. The third-order valence-corrected chi connectivity index (χ3v) is 7.38. The lowest BCUT2D eigenvalue weighted by molar-refractivity contribution is -0.126. The predicted molar refractivity (Wildman–Crippen MR) is 108 cm³/mol. The molecule has 3 fully saturated rings. The number of hydrogen-bond donors (Lipinski definition) is 1. The number of rotatable bonds is 6. The Morgan fingerprint density at radius 3 is 2.37 bits per heavy atom. The largest absolute Gasteiger partial charge is 0.353 e. The summed E-state index contributed by atoms with van der Waals surface area (Å²) in [5, 5.41) is 5.30. The fraction of sp³-hybridized carbons (Fsp3) is 0.714. The molecule has 1 amide bonds. The second kappa shape index (κ2) is 8.41. The maximum atomic E-state index is 12.2. The molecule has 0 atom stereocenters. The van der Waals surface area contributed by atoms with E-state index < -0.39 is 0 Å². The highest BCUT2D eigenvalue weighted by atomic mass is 32.1. The molecule has 1 aromatic heterocycles. The number of carbonyl (C=O) groups is 2. The number of carbonyl (C=O) groups excluding carboxylic acids is 2. The van der Waals surface area contributed by atoms with Gasteiger partial charge in [0.2, 0.25) is 5.91 Å². The molecule has 6 heteroatoms. The number of piperidine rings is 2. The zero-order valence-electron chi connectivity index (χ0n) is 16.3. The number of likely N-dealkylation sites (tertiary alicyclic amines) is 2. The van der Waals surface area contributed by atoms with Gasteiger partial charge in [-0.1, -0.05) is 0 Å². The minimum absolute atomic E-state index is 0.166. The summed E-state index contributed by atoms with van der Waals surface area (Å²) in [4.78, 5) is 29.7. The predicted octanol–water partition coefficient (Wildman–Crippen LogP) is 2.91. The van der Waals surface area contributed by atoms with E-state index >= 15 is 0 Å². The van der Waals surface area contributed by atoms with Gasteiger partial charge in [-0.2, -0.15) is 0 Å². The monoisotopic (exact) mass is 389 g/mol. The highest BCUT2D eigenvalue weighted by Crippen LogP contribution is 2.27. The second-order valence-corrected chi connectivity index (χ2v) is 9.39. The van der Waals surface area contributed by atoms with Crippen LogP contribution in [0.15, 0.2) is 11.4 Å². The standard InChI is InChI=1S/C21H31N3O2S/c1-15(25)20-12-16(14-27-20)13-23-8-6-19(7-9-23)24-10-4-17(5-11-24)21(26)22-18-2-3-18/h12,14,17-19H,2-11,13H2,1H3,(H,22,26). The molecule has 2 aliphatic heterocycles. The van der Waals surface area contributed by atoms with Crippen LogP contribution in [0.2, 0.25) is 0 Å². The number of nitrogens with zero attached hydrogens (tertiary/aromatic N) is 2. The van der Waals surface area contributed by atoms with E-state index in [2.05, 4.69) is 26.6 Å². The molecule has 1 aromatic rings. The summed E-state index contributed by atoms with van der Waals surface area (Å²) in [5.41, 5.74) is 1.27. The number of ketones is 1. The molecule has 148 valence electrons. The van der Waals surface area contributed by atoms with Gasteiger partial charge in [-0.25, -0.2) is 0 Å². The molecular formula is C21H31N3O2S. The van der Waals surface area contributed by atoms with Crippen molar-refractivity contribution in [3.63, 3.8) is 0 Å². The third kappa shape index (κ3) is 4.98. The lowest BCUT2D eigenvalue weighted by Crippen LogP contribution is -2.49. The summed E-state index contributed by atoms with van der Waals surface area (Å²) in [7, 11) is 0. The Labute approximate surface area is 166 Å². The Morgan fingerprint density at radius 1 is 1.07 bits per heavy atom. The van der Waals surface area contributed by atoms with Crippen LogP contribution in [0.5, 0.6) is 0 Å². The summed E-state index contributed by atoms with van der Waals surface area (Å²) in [5.74, 6) is 0.697. The molecule has 0 aromatic carbocycles. The first kappa shape index (κ1) is 19.1. The number of thiophene rings is 1. The fourth-order valence-corrected chi connectivity index (χ4v) is 5.22. The molecule has 0 radical (unpaired) electrons. The Morgan fingerprint density at radius 2 is 1.78 bits per heavy atom. The van der Waals surface area contributed by atoms with Gasteiger partial charge in [0, 0.05) is 24.5 Å². The van der Waals surface area contributed by atoms with Gasteiger partial charge in [0.15, 0.2) is 5.78 Å². The summed E-state index contributed by atoms with van der Waals surface area (Å²) in [6.45, 7) is 6.98. The smallest absolute Gasteiger partial charge is 0.223 e. The minimum atomic E-state index is 0.166. The normalized spacial score (nSPS) is 23.4. The number of amides is 1. The third-order valence-electron chi connectivity index (χ3n) is 6.30. The molecule has 5 nitrogen and oxygen atoms in total. The van der Waals surface area contributed by atoms with E-state index in [4.69, 9.17) is 0 Å². The molecule has 2 saturated heterocycles. The van der Waals surface area contributed by atoms with Gasteiger partial charge in [0.05, 0.1) is 4.88 Å². The fourth-order valence-electron chi connectivity index (χ4n) is 4.42. The molecule has 0 spiro atoms. The first-order valence-corrected chi connectivity index (χ1v) is 11.3. The van der Waals surface area contributed by atoms with E-state index in [0.29, 0.717) is 18.0 Å². The van der Waals surface area contributed by atoms with Crippen LogP contribution in [-0.4, -0.2) is 59.8 Å². The summed E-state index contributed by atoms with van der Waals surface area (Å²) in [6, 6.07) is 3.20. The van der Waals surface area contributed by atoms with Crippen molar-refractivity contribution in [2.45, 2.75) is 64.1 Å². The van der Waals surface area contributed by atoms with Crippen LogP contribution >= 0.6 is 11.3 Å². The Hall–Kier alpha value is -1.24. The van der Waals surface area contributed by atoms with Crippen molar-refractivity contribution in [3.8, 4) is 0 Å². The molecule has 0 bridgehead atoms. The average Bonchev–Trinajstić information content (AvgIpc) is 3.37. The van der Waals surface area contributed by atoms with E-state index in [1.54, 1.807) is 18.3 Å². The maximum Gasteiger partial charge on any atom is 0.223 e. The summed E-state index contributed by atoms with van der Waals surface area (Å²) >= 11 is 1.56. The van der Waals surface area contributed by atoms with Crippen LogP contribution in [0, 0.1) is 5.92 Å². The van der Waals surface area contributed by atoms with E-state index in [9.17, 15) is 9.59 Å². The molecule has 1 aliphatic carbocycles. The van der Waals surface area contributed by atoms with Gasteiger partial charge in [0.25, 0.3) is 0 Å². The number of hydrogen-bond acceptors (Lipinski definition) is 5.